The van der Waals surface area contributed by atoms with Gasteiger partial charge in [0.25, 0.3) is 0 Å². The van der Waals surface area contributed by atoms with Crippen molar-refractivity contribution in [1.29, 1.82) is 0 Å². The van der Waals surface area contributed by atoms with Crippen molar-refractivity contribution >= 4 is 12.0 Å². The first-order valence-electron chi connectivity index (χ1n) is 8.20. The lowest BCUT2D eigenvalue weighted by Gasteiger charge is -2.13. The second kappa shape index (κ2) is 7.88. The van der Waals surface area contributed by atoms with Gasteiger partial charge in [-0.3, -0.25) is 0 Å². The van der Waals surface area contributed by atoms with Crippen LogP contribution in [0.3, 0.4) is 0 Å². The molecule has 1 heterocycles. The number of nitrogens with zero attached hydrogens (tertiary/aromatic N) is 1. The van der Waals surface area contributed by atoms with E-state index in [1.54, 1.807) is 6.92 Å². The van der Waals surface area contributed by atoms with Crippen LogP contribution in [0.15, 0.2) is 30.3 Å². The number of hydrogen-bond donors (Lipinski definition) is 2. The molecule has 1 aromatic carbocycles. The Morgan fingerprint density at radius 2 is 1.80 bits per heavy atom. The Labute approximate surface area is 148 Å². The quantitative estimate of drug-likeness (QED) is 0.820. The van der Waals surface area contributed by atoms with E-state index in [2.05, 4.69) is 57.2 Å². The number of benzene rings is 1. The number of aryl methyl sites for hydroxylation is 2. The zero-order valence-corrected chi connectivity index (χ0v) is 15.3. The SMILES string of the molecule is COC(=O)[C@H](C)NC(=O)NCc1cc(C)n(-c2ccc(C)cc2)c1C. The Morgan fingerprint density at radius 3 is 2.40 bits per heavy atom. The lowest BCUT2D eigenvalue weighted by atomic mass is 10.2. The molecule has 1 aromatic heterocycles. The van der Waals surface area contributed by atoms with E-state index < -0.39 is 18.0 Å². The summed E-state index contributed by atoms with van der Waals surface area (Å²) in [5, 5.41) is 5.33. The molecule has 0 saturated heterocycles. The van der Waals surface area contributed by atoms with Crippen LogP contribution >= 0.6 is 0 Å². The fourth-order valence-electron chi connectivity index (χ4n) is 2.76. The summed E-state index contributed by atoms with van der Waals surface area (Å²) >= 11 is 0. The van der Waals surface area contributed by atoms with E-state index in [9.17, 15) is 9.59 Å². The standard InChI is InChI=1S/C19H25N3O3/c1-12-6-8-17(9-7-12)22-13(2)10-16(15(22)4)11-20-19(24)21-14(3)18(23)25-5/h6-10,14H,11H2,1-5H3,(H2,20,21,24)/t14-/m0/s1. The van der Waals surface area contributed by atoms with Gasteiger partial charge in [0, 0.05) is 23.6 Å². The molecule has 2 N–H and O–H groups in total. The number of carbonyl (C=O) groups is 2. The number of urea groups is 1. The molecular weight excluding hydrogens is 318 g/mol. The van der Waals surface area contributed by atoms with E-state index in [1.807, 2.05) is 13.8 Å². The molecule has 0 saturated carbocycles. The minimum absolute atomic E-state index is 0.380. The lowest BCUT2D eigenvalue weighted by Crippen LogP contribution is -2.44. The maximum atomic E-state index is 11.9. The summed E-state index contributed by atoms with van der Waals surface area (Å²) in [5.74, 6) is -0.479. The molecule has 0 aliphatic rings. The van der Waals surface area contributed by atoms with E-state index in [4.69, 9.17) is 0 Å². The summed E-state index contributed by atoms with van der Waals surface area (Å²) in [6.07, 6.45) is 0. The summed E-state index contributed by atoms with van der Waals surface area (Å²) in [5.41, 5.74) is 5.50. The highest BCUT2D eigenvalue weighted by Crippen LogP contribution is 2.21. The Hall–Kier alpha value is -2.76. The van der Waals surface area contributed by atoms with Crippen molar-refractivity contribution in [3.8, 4) is 5.69 Å². The molecule has 2 amide bonds. The highest BCUT2D eigenvalue weighted by atomic mass is 16.5. The smallest absolute Gasteiger partial charge is 0.328 e. The molecule has 0 bridgehead atoms. The average molecular weight is 343 g/mol. The molecule has 25 heavy (non-hydrogen) atoms. The molecule has 1 atom stereocenters. The highest BCUT2D eigenvalue weighted by Gasteiger charge is 2.16. The number of hydrogen-bond acceptors (Lipinski definition) is 3. The summed E-state index contributed by atoms with van der Waals surface area (Å²) in [6, 6.07) is 9.28. The second-order valence-corrected chi connectivity index (χ2v) is 6.14. The third kappa shape index (κ3) is 4.41. The van der Waals surface area contributed by atoms with Crippen molar-refractivity contribution in [3.05, 3.63) is 52.8 Å². The number of carbonyl (C=O) groups excluding carboxylic acids is 2. The highest BCUT2D eigenvalue weighted by molar-refractivity contribution is 5.83. The molecule has 2 rings (SSSR count). The predicted octanol–water partition coefficient (Wildman–Crippen LogP) is 2.76. The van der Waals surface area contributed by atoms with Gasteiger partial charge >= 0.3 is 12.0 Å². The van der Waals surface area contributed by atoms with E-state index in [-0.39, 0.29) is 0 Å². The van der Waals surface area contributed by atoms with Gasteiger partial charge < -0.3 is 19.9 Å². The molecule has 0 spiro atoms. The number of amides is 2. The van der Waals surface area contributed by atoms with Crippen LogP contribution < -0.4 is 10.6 Å². The number of esters is 1. The molecule has 0 aliphatic carbocycles. The predicted molar refractivity (Wildman–Crippen MR) is 96.8 cm³/mol. The van der Waals surface area contributed by atoms with Gasteiger partial charge in [0.2, 0.25) is 0 Å². The second-order valence-electron chi connectivity index (χ2n) is 6.14. The third-order valence-electron chi connectivity index (χ3n) is 4.17. The van der Waals surface area contributed by atoms with Gasteiger partial charge in [-0.1, -0.05) is 17.7 Å². The van der Waals surface area contributed by atoms with Crippen molar-refractivity contribution in [3.63, 3.8) is 0 Å². The number of methoxy groups -OCH3 is 1. The molecule has 6 nitrogen and oxygen atoms in total. The van der Waals surface area contributed by atoms with Crippen molar-refractivity contribution < 1.29 is 14.3 Å². The van der Waals surface area contributed by atoms with Crippen LogP contribution in [0.2, 0.25) is 0 Å². The average Bonchev–Trinajstić information content (AvgIpc) is 2.87. The van der Waals surface area contributed by atoms with Gasteiger partial charge in [-0.05, 0) is 51.5 Å². The van der Waals surface area contributed by atoms with E-state index in [1.165, 1.54) is 12.7 Å². The van der Waals surface area contributed by atoms with Crippen LogP contribution in [-0.2, 0) is 16.1 Å². The van der Waals surface area contributed by atoms with E-state index in [0.29, 0.717) is 6.54 Å². The van der Waals surface area contributed by atoms with Gasteiger partial charge in [0.15, 0.2) is 0 Å². The molecule has 0 unspecified atom stereocenters. The lowest BCUT2D eigenvalue weighted by molar-refractivity contribution is -0.142. The largest absolute Gasteiger partial charge is 0.467 e. The topological polar surface area (TPSA) is 72.4 Å². The Bertz CT molecular complexity index is 763. The van der Waals surface area contributed by atoms with Gasteiger partial charge in [0.1, 0.15) is 6.04 Å². The maximum absolute atomic E-state index is 11.9. The Kier molecular flexibility index (Phi) is 5.85. The van der Waals surface area contributed by atoms with E-state index in [0.717, 1.165) is 22.6 Å². The van der Waals surface area contributed by atoms with Crippen molar-refractivity contribution in [2.45, 2.75) is 40.3 Å². The zero-order chi connectivity index (χ0) is 18.6. The molecule has 0 radical (unpaired) electrons. The van der Waals surface area contributed by atoms with Gasteiger partial charge in [0.05, 0.1) is 7.11 Å². The molecule has 0 fully saturated rings. The van der Waals surface area contributed by atoms with Gasteiger partial charge in [-0.2, -0.15) is 0 Å². The summed E-state index contributed by atoms with van der Waals surface area (Å²) in [4.78, 5) is 23.3. The normalized spacial score (nSPS) is 11.7. The minimum Gasteiger partial charge on any atom is -0.467 e. The first-order valence-corrected chi connectivity index (χ1v) is 8.20. The number of rotatable bonds is 5. The van der Waals surface area contributed by atoms with Crippen LogP contribution in [0.1, 0.15) is 29.4 Å². The number of ether oxygens (including phenoxy) is 1. The maximum Gasteiger partial charge on any atom is 0.328 e. The zero-order valence-electron chi connectivity index (χ0n) is 15.3. The minimum atomic E-state index is -0.690. The van der Waals surface area contributed by atoms with Crippen LogP contribution in [0.25, 0.3) is 5.69 Å². The first-order chi connectivity index (χ1) is 11.8. The van der Waals surface area contributed by atoms with Crippen LogP contribution in [0, 0.1) is 20.8 Å². The number of nitrogens with one attached hydrogen (secondary N) is 2. The monoisotopic (exact) mass is 343 g/mol. The number of aromatic nitrogens is 1. The third-order valence-corrected chi connectivity index (χ3v) is 4.17. The van der Waals surface area contributed by atoms with Gasteiger partial charge in [-0.25, -0.2) is 9.59 Å². The van der Waals surface area contributed by atoms with Crippen molar-refractivity contribution in [2.24, 2.45) is 0 Å². The van der Waals surface area contributed by atoms with Crippen LogP contribution in [0.5, 0.6) is 0 Å². The van der Waals surface area contributed by atoms with Crippen LogP contribution in [0.4, 0.5) is 4.79 Å². The first kappa shape index (κ1) is 18.6. The molecule has 134 valence electrons. The van der Waals surface area contributed by atoms with Crippen molar-refractivity contribution in [2.75, 3.05) is 7.11 Å². The van der Waals surface area contributed by atoms with Crippen LogP contribution in [-0.4, -0.2) is 29.7 Å². The fourth-order valence-corrected chi connectivity index (χ4v) is 2.76. The summed E-state index contributed by atoms with van der Waals surface area (Å²) in [6.45, 7) is 8.08. The van der Waals surface area contributed by atoms with Crippen molar-refractivity contribution in [1.82, 2.24) is 15.2 Å². The summed E-state index contributed by atoms with van der Waals surface area (Å²) in [7, 11) is 1.29. The Morgan fingerprint density at radius 1 is 1.16 bits per heavy atom. The Balaban J connectivity index is 2.06. The summed E-state index contributed by atoms with van der Waals surface area (Å²) < 4.78 is 6.74. The molecular formula is C19H25N3O3. The fraction of sp³-hybridized carbons (Fsp3) is 0.368. The van der Waals surface area contributed by atoms with Gasteiger partial charge in [-0.15, -0.1) is 0 Å². The molecule has 2 aromatic rings. The van der Waals surface area contributed by atoms with E-state index >= 15 is 0 Å². The molecule has 6 heteroatoms. The molecule has 0 aliphatic heterocycles.